The van der Waals surface area contributed by atoms with Gasteiger partial charge in [0, 0.05) is 24.0 Å². The van der Waals surface area contributed by atoms with Crippen molar-refractivity contribution < 1.29 is 14.6 Å². The number of benzene rings is 1. The zero-order valence-electron chi connectivity index (χ0n) is 10.1. The Bertz CT molecular complexity index is 555. The molecule has 7 nitrogen and oxygen atoms in total. The number of nitro benzene ring substituents is 2. The van der Waals surface area contributed by atoms with Crippen molar-refractivity contribution in [2.75, 3.05) is 0 Å². The monoisotopic (exact) mass is 264 g/mol. The number of hydrogen-bond acceptors (Lipinski definition) is 5. The summed E-state index contributed by atoms with van der Waals surface area (Å²) in [7, 11) is 0. The number of Topliss-reactive ketones (excluding diaryl/α,β-unsaturated/α-hetero) is 1. The fraction of sp³-hybridized carbons (Fsp3) is 0.417. The molecule has 1 fully saturated rings. The summed E-state index contributed by atoms with van der Waals surface area (Å²) in [6.45, 7) is 0. The molecule has 0 aromatic heterocycles. The number of hydrogen-bond donors (Lipinski definition) is 0. The third kappa shape index (κ3) is 2.75. The van der Waals surface area contributed by atoms with Crippen molar-refractivity contribution in [1.82, 2.24) is 0 Å². The molecule has 0 spiro atoms. The zero-order valence-corrected chi connectivity index (χ0v) is 10.1. The number of nitro groups is 2. The summed E-state index contributed by atoms with van der Waals surface area (Å²) >= 11 is 0. The van der Waals surface area contributed by atoms with Gasteiger partial charge in [0.2, 0.25) is 0 Å². The first-order valence-corrected chi connectivity index (χ1v) is 5.93. The number of non-ortho nitro benzene ring substituents is 1. The van der Waals surface area contributed by atoms with Gasteiger partial charge in [0.25, 0.3) is 11.4 Å². The standard InChI is InChI=1S/C12H12N2O5/c15-12-3-1-2-9(12)6-8-4-5-10(13(16)17)7-11(8)14(18)19/h4-5,7,9H,1-3,6H2. The maximum atomic E-state index is 11.6. The highest BCUT2D eigenvalue weighted by atomic mass is 16.6. The van der Waals surface area contributed by atoms with Gasteiger partial charge in [-0.05, 0) is 25.3 Å². The van der Waals surface area contributed by atoms with Crippen LogP contribution in [-0.2, 0) is 11.2 Å². The van der Waals surface area contributed by atoms with Crippen LogP contribution in [0.2, 0.25) is 0 Å². The molecular formula is C12H12N2O5. The van der Waals surface area contributed by atoms with Crippen LogP contribution in [0.25, 0.3) is 0 Å². The van der Waals surface area contributed by atoms with Gasteiger partial charge < -0.3 is 0 Å². The fourth-order valence-corrected chi connectivity index (χ4v) is 2.38. The molecule has 7 heteroatoms. The van der Waals surface area contributed by atoms with E-state index in [1.54, 1.807) is 0 Å². The molecule has 0 N–H and O–H groups in total. The van der Waals surface area contributed by atoms with Gasteiger partial charge in [-0.25, -0.2) is 0 Å². The fourth-order valence-electron chi connectivity index (χ4n) is 2.38. The van der Waals surface area contributed by atoms with Crippen LogP contribution in [0.15, 0.2) is 18.2 Å². The molecular weight excluding hydrogens is 252 g/mol. The van der Waals surface area contributed by atoms with E-state index in [2.05, 4.69) is 0 Å². The minimum Gasteiger partial charge on any atom is -0.299 e. The third-order valence-corrected chi connectivity index (χ3v) is 3.37. The van der Waals surface area contributed by atoms with Crippen molar-refractivity contribution >= 4 is 17.2 Å². The van der Waals surface area contributed by atoms with Gasteiger partial charge in [-0.15, -0.1) is 0 Å². The maximum absolute atomic E-state index is 11.6. The summed E-state index contributed by atoms with van der Waals surface area (Å²) < 4.78 is 0. The molecule has 1 aromatic carbocycles. The Labute approximate surface area is 108 Å². The Hall–Kier alpha value is -2.31. The van der Waals surface area contributed by atoms with Crippen LogP contribution < -0.4 is 0 Å². The normalized spacial score (nSPS) is 18.5. The number of carbonyl (C=O) groups is 1. The molecule has 0 saturated heterocycles. The molecule has 0 radical (unpaired) electrons. The molecule has 1 unspecified atom stereocenters. The molecule has 0 amide bonds. The average molecular weight is 264 g/mol. The van der Waals surface area contributed by atoms with Crippen molar-refractivity contribution in [2.24, 2.45) is 5.92 Å². The van der Waals surface area contributed by atoms with Gasteiger partial charge in [0.15, 0.2) is 0 Å². The first kappa shape index (κ1) is 13.1. The van der Waals surface area contributed by atoms with E-state index in [-0.39, 0.29) is 29.5 Å². The van der Waals surface area contributed by atoms with E-state index >= 15 is 0 Å². The summed E-state index contributed by atoms with van der Waals surface area (Å²) in [5, 5.41) is 21.6. The lowest BCUT2D eigenvalue weighted by atomic mass is 9.96. The van der Waals surface area contributed by atoms with E-state index in [0.29, 0.717) is 12.0 Å². The average Bonchev–Trinajstić information content (AvgIpc) is 2.75. The Morgan fingerprint density at radius 2 is 1.95 bits per heavy atom. The lowest BCUT2D eigenvalue weighted by Gasteiger charge is -2.08. The molecule has 1 aliphatic rings. The number of ketones is 1. The smallest absolute Gasteiger partial charge is 0.279 e. The van der Waals surface area contributed by atoms with Gasteiger partial charge in [-0.1, -0.05) is 0 Å². The van der Waals surface area contributed by atoms with Crippen LogP contribution in [0.3, 0.4) is 0 Å². The summed E-state index contributed by atoms with van der Waals surface area (Å²) in [5.41, 5.74) is -0.210. The van der Waals surface area contributed by atoms with Crippen LogP contribution in [0.4, 0.5) is 11.4 Å². The van der Waals surface area contributed by atoms with Crippen molar-refractivity contribution in [2.45, 2.75) is 25.7 Å². The Balaban J connectivity index is 2.31. The van der Waals surface area contributed by atoms with E-state index in [1.165, 1.54) is 12.1 Å². The molecule has 19 heavy (non-hydrogen) atoms. The predicted octanol–water partition coefficient (Wildman–Crippen LogP) is 2.41. The van der Waals surface area contributed by atoms with Gasteiger partial charge in [-0.2, -0.15) is 0 Å². The van der Waals surface area contributed by atoms with Gasteiger partial charge in [0.1, 0.15) is 5.78 Å². The van der Waals surface area contributed by atoms with Gasteiger partial charge in [0.05, 0.1) is 15.9 Å². The molecule has 1 aliphatic carbocycles. The van der Waals surface area contributed by atoms with Crippen LogP contribution in [-0.4, -0.2) is 15.6 Å². The number of carbonyl (C=O) groups excluding carboxylic acids is 1. The van der Waals surface area contributed by atoms with Gasteiger partial charge in [-0.3, -0.25) is 25.0 Å². The molecule has 100 valence electrons. The quantitative estimate of drug-likeness (QED) is 0.613. The maximum Gasteiger partial charge on any atom is 0.279 e. The topological polar surface area (TPSA) is 103 Å². The van der Waals surface area contributed by atoms with Gasteiger partial charge >= 0.3 is 0 Å². The molecule has 2 rings (SSSR count). The Morgan fingerprint density at radius 1 is 1.21 bits per heavy atom. The van der Waals surface area contributed by atoms with E-state index < -0.39 is 9.85 Å². The van der Waals surface area contributed by atoms with Crippen LogP contribution in [0, 0.1) is 26.1 Å². The summed E-state index contributed by atoms with van der Waals surface area (Å²) in [4.78, 5) is 31.8. The van der Waals surface area contributed by atoms with E-state index in [4.69, 9.17) is 0 Å². The minimum absolute atomic E-state index is 0.118. The molecule has 1 atom stereocenters. The Kier molecular flexibility index (Phi) is 3.55. The molecule has 1 aromatic rings. The Morgan fingerprint density at radius 3 is 2.47 bits per heavy atom. The van der Waals surface area contributed by atoms with E-state index in [1.807, 2.05) is 0 Å². The second kappa shape index (κ2) is 5.13. The largest absolute Gasteiger partial charge is 0.299 e. The number of nitrogens with zero attached hydrogens (tertiary/aromatic N) is 2. The molecule has 1 saturated carbocycles. The summed E-state index contributed by atoms with van der Waals surface area (Å²) in [5.74, 6) is -0.0761. The SMILES string of the molecule is O=C1CCCC1Cc1ccc([N+](=O)[O-])cc1[N+](=O)[O-]. The highest BCUT2D eigenvalue weighted by Crippen LogP contribution is 2.31. The zero-order chi connectivity index (χ0) is 14.0. The first-order valence-electron chi connectivity index (χ1n) is 5.93. The van der Waals surface area contributed by atoms with Crippen molar-refractivity contribution in [3.8, 4) is 0 Å². The van der Waals surface area contributed by atoms with Crippen LogP contribution >= 0.6 is 0 Å². The van der Waals surface area contributed by atoms with Crippen molar-refractivity contribution in [3.05, 3.63) is 44.0 Å². The lowest BCUT2D eigenvalue weighted by molar-refractivity contribution is -0.394. The highest BCUT2D eigenvalue weighted by Gasteiger charge is 2.28. The second-order valence-electron chi connectivity index (χ2n) is 4.59. The molecule has 0 aliphatic heterocycles. The minimum atomic E-state index is -0.669. The second-order valence-corrected chi connectivity index (χ2v) is 4.59. The van der Waals surface area contributed by atoms with E-state index in [9.17, 15) is 25.0 Å². The molecule has 0 bridgehead atoms. The van der Waals surface area contributed by atoms with E-state index in [0.717, 1.165) is 18.9 Å². The lowest BCUT2D eigenvalue weighted by Crippen LogP contribution is -2.11. The van der Waals surface area contributed by atoms with Crippen molar-refractivity contribution in [3.63, 3.8) is 0 Å². The van der Waals surface area contributed by atoms with Crippen LogP contribution in [0.1, 0.15) is 24.8 Å². The highest BCUT2D eigenvalue weighted by molar-refractivity contribution is 5.83. The summed E-state index contributed by atoms with van der Waals surface area (Å²) in [6, 6.07) is 3.57. The van der Waals surface area contributed by atoms with Crippen molar-refractivity contribution in [1.29, 1.82) is 0 Å². The first-order chi connectivity index (χ1) is 8.99. The molecule has 0 heterocycles. The predicted molar refractivity (Wildman–Crippen MR) is 65.8 cm³/mol. The summed E-state index contributed by atoms with van der Waals surface area (Å²) in [6.07, 6.45) is 2.34. The number of rotatable bonds is 4. The third-order valence-electron chi connectivity index (χ3n) is 3.37. The van der Waals surface area contributed by atoms with Crippen LogP contribution in [0.5, 0.6) is 0 Å².